The molecular weight excluding hydrogens is 368 g/mol. The lowest BCUT2D eigenvalue weighted by atomic mass is 9.64. The van der Waals surface area contributed by atoms with E-state index in [0.717, 1.165) is 5.57 Å². The molecule has 160 valence electrons. The van der Waals surface area contributed by atoms with Gasteiger partial charge in [0.25, 0.3) is 0 Å². The fourth-order valence-electron chi connectivity index (χ4n) is 4.26. The van der Waals surface area contributed by atoms with Gasteiger partial charge in [0.15, 0.2) is 12.1 Å². The fourth-order valence-corrected chi connectivity index (χ4v) is 4.26. The van der Waals surface area contributed by atoms with Crippen molar-refractivity contribution >= 4 is 5.78 Å². The smallest absolute Gasteiger partial charge is 0.187 e. The maximum Gasteiger partial charge on any atom is 0.187 e. The van der Waals surface area contributed by atoms with Gasteiger partial charge in [0.05, 0.1) is 18.3 Å². The van der Waals surface area contributed by atoms with Crippen LogP contribution in [-0.2, 0) is 14.3 Å². The first kappa shape index (κ1) is 23.2. The molecule has 7 atom stereocenters. The zero-order valence-corrected chi connectivity index (χ0v) is 16.8. The molecule has 8 nitrogen and oxygen atoms in total. The predicted molar refractivity (Wildman–Crippen MR) is 100 cm³/mol. The van der Waals surface area contributed by atoms with Gasteiger partial charge >= 0.3 is 0 Å². The second-order valence-corrected chi connectivity index (χ2v) is 8.54. The lowest BCUT2D eigenvalue weighted by Crippen LogP contribution is -2.61. The van der Waals surface area contributed by atoms with Crippen molar-refractivity contribution in [3.8, 4) is 0 Å². The molecule has 2 fully saturated rings. The van der Waals surface area contributed by atoms with Gasteiger partial charge in [-0.15, -0.1) is 0 Å². The number of allylic oxidation sites excluding steroid dienone is 3. The molecule has 0 radical (unpaired) electrons. The van der Waals surface area contributed by atoms with Crippen LogP contribution in [0.3, 0.4) is 0 Å². The third kappa shape index (κ3) is 4.88. The van der Waals surface area contributed by atoms with Crippen molar-refractivity contribution in [2.75, 3.05) is 6.61 Å². The minimum absolute atomic E-state index is 0.109. The van der Waals surface area contributed by atoms with Crippen LogP contribution in [0.2, 0.25) is 0 Å². The normalized spacial score (nSPS) is 42.8. The Hall–Kier alpha value is -1.13. The van der Waals surface area contributed by atoms with Crippen molar-refractivity contribution in [3.05, 3.63) is 23.8 Å². The maximum absolute atomic E-state index is 11.2. The summed E-state index contributed by atoms with van der Waals surface area (Å²) in [6, 6.07) is 0. The van der Waals surface area contributed by atoms with Gasteiger partial charge in [0.1, 0.15) is 24.4 Å². The highest BCUT2D eigenvalue weighted by atomic mass is 16.7. The number of hydrogen-bond donors (Lipinski definition) is 5. The summed E-state index contributed by atoms with van der Waals surface area (Å²) in [5, 5.41) is 50.0. The summed E-state index contributed by atoms with van der Waals surface area (Å²) in [5.41, 5.74) is -0.753. The van der Waals surface area contributed by atoms with E-state index >= 15 is 0 Å². The predicted octanol–water partition coefficient (Wildman–Crippen LogP) is -0.186. The van der Waals surface area contributed by atoms with E-state index in [1.807, 2.05) is 13.8 Å². The molecule has 0 aromatic rings. The van der Waals surface area contributed by atoms with E-state index < -0.39 is 54.4 Å². The monoisotopic (exact) mass is 400 g/mol. The van der Waals surface area contributed by atoms with E-state index in [1.165, 1.54) is 13.0 Å². The van der Waals surface area contributed by atoms with E-state index in [4.69, 9.17) is 9.47 Å². The molecule has 2 aliphatic rings. The fraction of sp³-hybridized carbons (Fsp3) is 0.750. The molecule has 2 rings (SSSR count). The summed E-state index contributed by atoms with van der Waals surface area (Å²) >= 11 is 0. The van der Waals surface area contributed by atoms with Crippen molar-refractivity contribution in [2.24, 2.45) is 5.41 Å². The van der Waals surface area contributed by atoms with Crippen LogP contribution in [0.4, 0.5) is 0 Å². The van der Waals surface area contributed by atoms with E-state index in [2.05, 4.69) is 0 Å². The number of hydrogen-bond acceptors (Lipinski definition) is 8. The molecule has 1 heterocycles. The zero-order valence-electron chi connectivity index (χ0n) is 16.8. The van der Waals surface area contributed by atoms with Crippen molar-refractivity contribution in [3.63, 3.8) is 0 Å². The molecule has 1 aliphatic heterocycles. The van der Waals surface area contributed by atoms with Gasteiger partial charge < -0.3 is 35.0 Å². The van der Waals surface area contributed by atoms with Gasteiger partial charge in [0, 0.05) is 6.42 Å². The van der Waals surface area contributed by atoms with Crippen LogP contribution in [0.1, 0.15) is 40.5 Å². The van der Waals surface area contributed by atoms with Crippen LogP contribution in [0.25, 0.3) is 0 Å². The highest BCUT2D eigenvalue weighted by Gasteiger charge is 2.51. The summed E-state index contributed by atoms with van der Waals surface area (Å²) in [6.07, 6.45) is -2.14. The number of carbonyl (C=O) groups excluding carboxylic acids is 1. The first-order valence-electron chi connectivity index (χ1n) is 9.47. The SMILES string of the molecule is CC(=O)/C=C\C=C1/C(C)(C)C[C@H](O)C[C@@]1(C)O[C@@H]1O[C@H](CO)[C@@H](O)[C@H](O)[C@H]1O. The maximum atomic E-state index is 11.2. The number of carbonyl (C=O) groups is 1. The van der Waals surface area contributed by atoms with Crippen LogP contribution >= 0.6 is 0 Å². The molecule has 0 spiro atoms. The Balaban J connectivity index is 2.36. The summed E-state index contributed by atoms with van der Waals surface area (Å²) in [5.74, 6) is -0.109. The van der Waals surface area contributed by atoms with E-state index in [0.29, 0.717) is 6.42 Å². The molecule has 1 saturated carbocycles. The lowest BCUT2D eigenvalue weighted by molar-refractivity contribution is -0.325. The molecule has 0 bridgehead atoms. The van der Waals surface area contributed by atoms with Crippen LogP contribution in [0.15, 0.2) is 23.8 Å². The summed E-state index contributed by atoms with van der Waals surface area (Å²) < 4.78 is 11.5. The van der Waals surface area contributed by atoms with Crippen molar-refractivity contribution in [1.82, 2.24) is 0 Å². The highest BCUT2D eigenvalue weighted by Crippen LogP contribution is 2.48. The Labute approximate surface area is 165 Å². The van der Waals surface area contributed by atoms with Crippen LogP contribution in [0, 0.1) is 5.41 Å². The first-order chi connectivity index (χ1) is 12.9. The summed E-state index contributed by atoms with van der Waals surface area (Å²) in [4.78, 5) is 11.2. The first-order valence-corrected chi connectivity index (χ1v) is 9.47. The zero-order chi connectivity index (χ0) is 21.3. The second kappa shape index (κ2) is 8.71. The van der Waals surface area contributed by atoms with Gasteiger partial charge in [-0.2, -0.15) is 0 Å². The number of rotatable bonds is 5. The minimum Gasteiger partial charge on any atom is -0.394 e. The Morgan fingerprint density at radius 3 is 2.36 bits per heavy atom. The number of ether oxygens (including phenoxy) is 2. The highest BCUT2D eigenvalue weighted by molar-refractivity contribution is 5.87. The molecule has 8 heteroatoms. The average Bonchev–Trinajstić information content (AvgIpc) is 2.57. The Morgan fingerprint density at radius 2 is 1.79 bits per heavy atom. The van der Waals surface area contributed by atoms with E-state index in [9.17, 15) is 30.3 Å². The second-order valence-electron chi connectivity index (χ2n) is 8.54. The van der Waals surface area contributed by atoms with Crippen LogP contribution in [-0.4, -0.2) is 80.3 Å². The number of aliphatic hydroxyl groups is 5. The third-order valence-electron chi connectivity index (χ3n) is 5.49. The Kier molecular flexibility index (Phi) is 7.20. The van der Waals surface area contributed by atoms with Crippen molar-refractivity contribution in [2.45, 2.75) is 82.9 Å². The van der Waals surface area contributed by atoms with Crippen LogP contribution in [0.5, 0.6) is 0 Å². The largest absolute Gasteiger partial charge is 0.394 e. The molecule has 1 aliphatic carbocycles. The van der Waals surface area contributed by atoms with Gasteiger partial charge in [-0.25, -0.2) is 0 Å². The third-order valence-corrected chi connectivity index (χ3v) is 5.49. The van der Waals surface area contributed by atoms with E-state index in [-0.39, 0.29) is 12.2 Å². The number of ketones is 1. The average molecular weight is 400 g/mol. The molecular formula is C20H32O8. The summed E-state index contributed by atoms with van der Waals surface area (Å²) in [7, 11) is 0. The van der Waals surface area contributed by atoms with Crippen LogP contribution < -0.4 is 0 Å². The topological polar surface area (TPSA) is 137 Å². The van der Waals surface area contributed by atoms with E-state index in [1.54, 1.807) is 19.1 Å². The molecule has 28 heavy (non-hydrogen) atoms. The molecule has 0 aromatic carbocycles. The van der Waals surface area contributed by atoms with Crippen molar-refractivity contribution < 1.29 is 39.8 Å². The van der Waals surface area contributed by atoms with Gasteiger partial charge in [-0.05, 0) is 37.3 Å². The molecule has 5 N–H and O–H groups in total. The Morgan fingerprint density at radius 1 is 1.14 bits per heavy atom. The standard InChI is InChI=1S/C20H32O8/c1-11(22)6-5-7-14-19(2,3)8-12(23)9-20(14,4)28-18-17(26)16(25)15(24)13(10-21)27-18/h5-7,12-13,15-18,21,23-26H,8-10H2,1-4H3/b6-5-,14-7+/t12-,13+,15+,16-,17+,18-,20+/m0/s1. The minimum atomic E-state index is -1.55. The van der Waals surface area contributed by atoms with Gasteiger partial charge in [-0.3, -0.25) is 4.79 Å². The number of aliphatic hydroxyl groups excluding tert-OH is 5. The van der Waals surface area contributed by atoms with Crippen molar-refractivity contribution in [1.29, 1.82) is 0 Å². The Bertz CT molecular complexity index is 626. The van der Waals surface area contributed by atoms with Gasteiger partial charge in [0.2, 0.25) is 0 Å². The quantitative estimate of drug-likeness (QED) is 0.401. The molecule has 0 aromatic heterocycles. The molecule has 0 amide bonds. The van der Waals surface area contributed by atoms with Gasteiger partial charge in [-0.1, -0.05) is 26.0 Å². The molecule has 0 unspecified atom stereocenters. The lowest BCUT2D eigenvalue weighted by Gasteiger charge is -2.50. The summed E-state index contributed by atoms with van der Waals surface area (Å²) in [6.45, 7) is 6.51. The molecule has 1 saturated heterocycles.